The highest BCUT2D eigenvalue weighted by molar-refractivity contribution is 5.92. The van der Waals surface area contributed by atoms with Crippen molar-refractivity contribution < 1.29 is 9.53 Å². The maximum atomic E-state index is 11.1. The number of rotatable bonds is 7. The standard InChI is InChI=1S/C19H27N5O2/c1-3-24-8-9-26-17(18(24)16-11-22-23(2)13-16)12-21-10-14-4-6-15(7-5-14)19(20)25/h4-7,11,13,17-18,21H,3,8-10,12H2,1-2H3,(H2,20,25)/t17-,18-/m0/s1. The topological polar surface area (TPSA) is 85.4 Å². The van der Waals surface area contributed by atoms with Gasteiger partial charge < -0.3 is 15.8 Å². The third-order valence-electron chi connectivity index (χ3n) is 4.84. The predicted octanol–water partition coefficient (Wildman–Crippen LogP) is 1.07. The molecule has 1 saturated heterocycles. The summed E-state index contributed by atoms with van der Waals surface area (Å²) in [6.45, 7) is 6.29. The molecule has 2 atom stereocenters. The second-order valence-electron chi connectivity index (χ2n) is 6.62. The second-order valence-corrected chi connectivity index (χ2v) is 6.62. The van der Waals surface area contributed by atoms with Crippen molar-refractivity contribution in [2.24, 2.45) is 12.8 Å². The van der Waals surface area contributed by atoms with Crippen molar-refractivity contribution in [3.05, 3.63) is 53.3 Å². The van der Waals surface area contributed by atoms with E-state index < -0.39 is 5.91 Å². The van der Waals surface area contributed by atoms with Gasteiger partial charge in [-0.15, -0.1) is 0 Å². The van der Waals surface area contributed by atoms with E-state index in [-0.39, 0.29) is 12.1 Å². The molecule has 0 radical (unpaired) electrons. The van der Waals surface area contributed by atoms with Crippen LogP contribution < -0.4 is 11.1 Å². The van der Waals surface area contributed by atoms with Gasteiger partial charge in [-0.25, -0.2) is 0 Å². The number of carbonyl (C=O) groups is 1. The molecule has 0 unspecified atom stereocenters. The molecule has 7 nitrogen and oxygen atoms in total. The fourth-order valence-corrected chi connectivity index (χ4v) is 3.48. The van der Waals surface area contributed by atoms with E-state index in [1.165, 1.54) is 5.56 Å². The SMILES string of the molecule is CCN1CCO[C@@H](CNCc2ccc(C(N)=O)cc2)[C@@H]1c1cnn(C)c1. The molecule has 0 spiro atoms. The Balaban J connectivity index is 1.62. The van der Waals surface area contributed by atoms with Gasteiger partial charge in [0.15, 0.2) is 0 Å². The van der Waals surface area contributed by atoms with E-state index in [4.69, 9.17) is 10.5 Å². The minimum Gasteiger partial charge on any atom is -0.374 e. The van der Waals surface area contributed by atoms with Gasteiger partial charge in [0.1, 0.15) is 0 Å². The summed E-state index contributed by atoms with van der Waals surface area (Å²) in [5.74, 6) is -0.404. The molecule has 7 heteroatoms. The third-order valence-corrected chi connectivity index (χ3v) is 4.84. The first-order valence-electron chi connectivity index (χ1n) is 9.02. The zero-order chi connectivity index (χ0) is 18.5. The van der Waals surface area contributed by atoms with Crippen molar-refractivity contribution in [3.8, 4) is 0 Å². The molecule has 3 N–H and O–H groups in total. The molecule has 140 valence electrons. The summed E-state index contributed by atoms with van der Waals surface area (Å²) in [5.41, 5.74) is 8.10. The molecule has 2 aromatic rings. The molecule has 3 rings (SSSR count). The van der Waals surface area contributed by atoms with E-state index >= 15 is 0 Å². The van der Waals surface area contributed by atoms with Crippen LogP contribution in [0.2, 0.25) is 0 Å². The van der Waals surface area contributed by atoms with Crippen molar-refractivity contribution in [2.75, 3.05) is 26.2 Å². The largest absolute Gasteiger partial charge is 0.374 e. The minimum absolute atomic E-state index is 0.0674. The number of morpholine rings is 1. The van der Waals surface area contributed by atoms with E-state index in [1.54, 1.807) is 12.1 Å². The maximum Gasteiger partial charge on any atom is 0.248 e. The number of amides is 1. The monoisotopic (exact) mass is 357 g/mol. The number of aryl methyl sites for hydroxylation is 1. The lowest BCUT2D eigenvalue weighted by molar-refractivity contribution is -0.0694. The van der Waals surface area contributed by atoms with Crippen LogP contribution >= 0.6 is 0 Å². The van der Waals surface area contributed by atoms with Crippen molar-refractivity contribution in [2.45, 2.75) is 25.6 Å². The van der Waals surface area contributed by atoms with E-state index in [1.807, 2.05) is 30.1 Å². The Morgan fingerprint density at radius 1 is 1.38 bits per heavy atom. The highest BCUT2D eigenvalue weighted by Gasteiger charge is 2.33. The van der Waals surface area contributed by atoms with Crippen molar-refractivity contribution in [1.29, 1.82) is 0 Å². The number of primary amides is 1. The summed E-state index contributed by atoms with van der Waals surface area (Å²) in [6.07, 6.45) is 4.06. The quantitative estimate of drug-likeness (QED) is 0.774. The molecule has 1 aliphatic heterocycles. The number of nitrogens with one attached hydrogen (secondary N) is 1. The van der Waals surface area contributed by atoms with E-state index in [9.17, 15) is 4.79 Å². The normalized spacial score (nSPS) is 21.0. The molecule has 1 aromatic heterocycles. The molecule has 0 bridgehead atoms. The molecule has 0 aliphatic carbocycles. The number of hydrogen-bond donors (Lipinski definition) is 2. The summed E-state index contributed by atoms with van der Waals surface area (Å²) in [6, 6.07) is 7.56. The van der Waals surface area contributed by atoms with Crippen LogP contribution in [0.5, 0.6) is 0 Å². The average Bonchev–Trinajstić information content (AvgIpc) is 3.07. The van der Waals surface area contributed by atoms with Crippen LogP contribution in [0, 0.1) is 0 Å². The number of benzene rings is 1. The second kappa shape index (κ2) is 8.44. The number of nitrogens with zero attached hydrogens (tertiary/aromatic N) is 3. The Bertz CT molecular complexity index is 728. The van der Waals surface area contributed by atoms with Gasteiger partial charge in [-0.2, -0.15) is 5.10 Å². The highest BCUT2D eigenvalue weighted by atomic mass is 16.5. The van der Waals surface area contributed by atoms with Crippen LogP contribution in [0.25, 0.3) is 0 Å². The zero-order valence-electron chi connectivity index (χ0n) is 15.4. The summed E-state index contributed by atoms with van der Waals surface area (Å²) in [5, 5.41) is 7.80. The molecule has 1 aliphatic rings. The van der Waals surface area contributed by atoms with Crippen LogP contribution in [0.3, 0.4) is 0 Å². The lowest BCUT2D eigenvalue weighted by Gasteiger charge is -2.40. The van der Waals surface area contributed by atoms with Crippen LogP contribution in [-0.2, 0) is 18.3 Å². The Kier molecular flexibility index (Phi) is 6.03. The highest BCUT2D eigenvalue weighted by Crippen LogP contribution is 2.28. The van der Waals surface area contributed by atoms with Gasteiger partial charge >= 0.3 is 0 Å². The van der Waals surface area contributed by atoms with Gasteiger partial charge in [-0.05, 0) is 24.2 Å². The first-order chi connectivity index (χ1) is 12.6. The van der Waals surface area contributed by atoms with E-state index in [2.05, 4.69) is 28.4 Å². The van der Waals surface area contributed by atoms with Crippen molar-refractivity contribution in [1.82, 2.24) is 20.0 Å². The lowest BCUT2D eigenvalue weighted by Crippen LogP contribution is -2.48. The van der Waals surface area contributed by atoms with Gasteiger partial charge in [0.25, 0.3) is 0 Å². The van der Waals surface area contributed by atoms with Crippen LogP contribution in [0.15, 0.2) is 36.7 Å². The first kappa shape index (κ1) is 18.6. The summed E-state index contributed by atoms with van der Waals surface area (Å²) in [4.78, 5) is 13.6. The number of carbonyl (C=O) groups excluding carboxylic acids is 1. The minimum atomic E-state index is -0.404. The van der Waals surface area contributed by atoms with E-state index in [0.717, 1.165) is 31.8 Å². The van der Waals surface area contributed by atoms with Crippen LogP contribution in [0.4, 0.5) is 0 Å². The van der Waals surface area contributed by atoms with Gasteiger partial charge in [-0.1, -0.05) is 19.1 Å². The Morgan fingerprint density at radius 3 is 2.77 bits per heavy atom. The summed E-state index contributed by atoms with van der Waals surface area (Å²) < 4.78 is 7.91. The predicted molar refractivity (Wildman–Crippen MR) is 99.6 cm³/mol. The first-order valence-corrected chi connectivity index (χ1v) is 9.02. The van der Waals surface area contributed by atoms with Crippen LogP contribution in [0.1, 0.15) is 34.5 Å². The van der Waals surface area contributed by atoms with Crippen LogP contribution in [-0.4, -0.2) is 52.9 Å². The summed E-state index contributed by atoms with van der Waals surface area (Å²) in [7, 11) is 1.94. The number of hydrogen-bond acceptors (Lipinski definition) is 5. The maximum absolute atomic E-state index is 11.1. The Morgan fingerprint density at radius 2 is 2.15 bits per heavy atom. The number of nitrogens with two attached hydrogens (primary N) is 1. The van der Waals surface area contributed by atoms with Gasteiger partial charge in [0.05, 0.1) is 24.9 Å². The summed E-state index contributed by atoms with van der Waals surface area (Å²) >= 11 is 0. The molecule has 1 amide bonds. The third kappa shape index (κ3) is 4.30. The fourth-order valence-electron chi connectivity index (χ4n) is 3.48. The van der Waals surface area contributed by atoms with Crippen molar-refractivity contribution >= 4 is 5.91 Å². The average molecular weight is 357 g/mol. The van der Waals surface area contributed by atoms with Gasteiger partial charge in [0.2, 0.25) is 5.91 Å². The zero-order valence-corrected chi connectivity index (χ0v) is 15.4. The molecular formula is C19H27N5O2. The smallest absolute Gasteiger partial charge is 0.248 e. The Labute approximate surface area is 154 Å². The Hall–Kier alpha value is -2.22. The molecular weight excluding hydrogens is 330 g/mol. The molecule has 26 heavy (non-hydrogen) atoms. The van der Waals surface area contributed by atoms with Gasteiger partial charge in [-0.3, -0.25) is 14.4 Å². The lowest BCUT2D eigenvalue weighted by atomic mass is 10.0. The molecule has 1 fully saturated rings. The molecule has 1 aromatic carbocycles. The molecule has 2 heterocycles. The number of aromatic nitrogens is 2. The number of likely N-dealkylation sites (N-methyl/N-ethyl adjacent to an activating group) is 1. The molecule has 0 saturated carbocycles. The fraction of sp³-hybridized carbons (Fsp3) is 0.474. The number of ether oxygens (including phenoxy) is 1. The van der Waals surface area contributed by atoms with Gasteiger partial charge in [0, 0.05) is 44.0 Å². The van der Waals surface area contributed by atoms with E-state index in [0.29, 0.717) is 12.1 Å². The van der Waals surface area contributed by atoms with Crippen molar-refractivity contribution in [3.63, 3.8) is 0 Å².